The Bertz CT molecular complexity index is 2020. The highest BCUT2D eigenvalue weighted by Crippen LogP contribution is 2.37. The lowest BCUT2D eigenvalue weighted by atomic mass is 9.85. The number of morpholine rings is 1. The first kappa shape index (κ1) is 31.2. The number of carbonyl (C=O) groups excluding carboxylic acids is 1. The lowest BCUT2D eigenvalue weighted by Gasteiger charge is -2.29. The average Bonchev–Trinajstić information content (AvgIpc) is 3.50. The second kappa shape index (κ2) is 12.9. The topological polar surface area (TPSA) is 125 Å². The van der Waals surface area contributed by atoms with Crippen LogP contribution in [0.3, 0.4) is 0 Å². The molecule has 0 saturated carbocycles. The maximum atomic E-state index is 14.0. The van der Waals surface area contributed by atoms with Crippen molar-refractivity contribution in [2.24, 2.45) is 0 Å². The van der Waals surface area contributed by atoms with E-state index < -0.39 is 5.41 Å². The van der Waals surface area contributed by atoms with E-state index in [4.69, 9.17) is 9.72 Å². The molecule has 2 aliphatic rings. The van der Waals surface area contributed by atoms with Crippen LogP contribution in [0.4, 0.5) is 11.4 Å². The van der Waals surface area contributed by atoms with Gasteiger partial charge in [-0.1, -0.05) is 18.2 Å². The van der Waals surface area contributed by atoms with Gasteiger partial charge in [0, 0.05) is 57.8 Å². The number of nitrogens with one attached hydrogen (secondary N) is 1. The van der Waals surface area contributed by atoms with Gasteiger partial charge in [-0.3, -0.25) is 18.6 Å². The van der Waals surface area contributed by atoms with Gasteiger partial charge >= 0.3 is 5.69 Å². The van der Waals surface area contributed by atoms with Crippen molar-refractivity contribution in [3.05, 3.63) is 98.6 Å². The molecule has 12 nitrogen and oxygen atoms in total. The predicted molar refractivity (Wildman–Crippen MR) is 177 cm³/mol. The van der Waals surface area contributed by atoms with E-state index in [2.05, 4.69) is 26.1 Å². The molecule has 5 heterocycles. The van der Waals surface area contributed by atoms with Crippen LogP contribution in [0.2, 0.25) is 0 Å². The summed E-state index contributed by atoms with van der Waals surface area (Å²) in [6.07, 6.45) is 2.63. The number of benzene rings is 2. The fourth-order valence-corrected chi connectivity index (χ4v) is 6.03. The van der Waals surface area contributed by atoms with Crippen LogP contribution >= 0.6 is 0 Å². The first-order chi connectivity index (χ1) is 22.2. The third-order valence-electron chi connectivity index (χ3n) is 8.63. The van der Waals surface area contributed by atoms with E-state index in [-0.39, 0.29) is 23.7 Å². The molecule has 5 aromatic rings. The van der Waals surface area contributed by atoms with Gasteiger partial charge in [0.1, 0.15) is 5.82 Å². The Hall–Kier alpha value is -4.81. The van der Waals surface area contributed by atoms with Crippen LogP contribution in [0.1, 0.15) is 30.8 Å². The van der Waals surface area contributed by atoms with E-state index in [0.717, 1.165) is 35.6 Å². The smallest absolute Gasteiger partial charge is 0.350 e. The summed E-state index contributed by atoms with van der Waals surface area (Å²) in [5.41, 5.74) is 4.06. The Balaban J connectivity index is 0.00000119. The third kappa shape index (κ3) is 5.93. The molecule has 1 amide bonds. The normalized spacial score (nSPS) is 15.5. The van der Waals surface area contributed by atoms with E-state index in [9.17, 15) is 14.4 Å². The minimum atomic E-state index is -0.614. The maximum absolute atomic E-state index is 14.0. The van der Waals surface area contributed by atoms with Crippen LogP contribution in [0.5, 0.6) is 0 Å². The first-order valence-corrected chi connectivity index (χ1v) is 15.5. The molecule has 1 fully saturated rings. The second-order valence-corrected chi connectivity index (χ2v) is 12.1. The molecule has 2 aromatic carbocycles. The molecule has 240 valence electrons. The van der Waals surface area contributed by atoms with Gasteiger partial charge < -0.3 is 19.7 Å². The Morgan fingerprint density at radius 3 is 2.50 bits per heavy atom. The molecule has 0 bridgehead atoms. The quantitative estimate of drug-likeness (QED) is 0.293. The SMILES string of the molecule is CC1(C)C(=O)Nc2ccc(CCn3c(CCn4nc5ccccn5c4=O)nc4cc(N5CCOCC5)ccc4c3=O)cc21.COC. The van der Waals surface area contributed by atoms with Gasteiger partial charge in [0.2, 0.25) is 5.91 Å². The summed E-state index contributed by atoms with van der Waals surface area (Å²) >= 11 is 0. The maximum Gasteiger partial charge on any atom is 0.350 e. The number of rotatable bonds is 7. The predicted octanol–water partition coefficient (Wildman–Crippen LogP) is 3.02. The highest BCUT2D eigenvalue weighted by atomic mass is 16.5. The Morgan fingerprint density at radius 2 is 1.74 bits per heavy atom. The van der Waals surface area contributed by atoms with Gasteiger partial charge in [-0.2, -0.15) is 0 Å². The summed E-state index contributed by atoms with van der Waals surface area (Å²) < 4.78 is 14.4. The van der Waals surface area contributed by atoms with Crippen LogP contribution < -0.4 is 21.5 Å². The van der Waals surface area contributed by atoms with Crippen LogP contribution in [0.25, 0.3) is 16.6 Å². The second-order valence-electron chi connectivity index (χ2n) is 12.1. The number of ether oxygens (including phenoxy) is 2. The van der Waals surface area contributed by atoms with Crippen LogP contribution in [-0.4, -0.2) is 70.2 Å². The number of aryl methyl sites for hydroxylation is 3. The third-order valence-corrected chi connectivity index (χ3v) is 8.63. The molecule has 2 aliphatic heterocycles. The summed E-state index contributed by atoms with van der Waals surface area (Å²) in [7, 11) is 3.25. The number of nitrogens with zero attached hydrogens (tertiary/aromatic N) is 6. The number of aromatic nitrogens is 5. The van der Waals surface area contributed by atoms with Crippen molar-refractivity contribution in [1.29, 1.82) is 0 Å². The standard InChI is InChI=1S/C32H33N7O4.C2H6O/c1-32(2)24-19-21(6-9-25(24)34-30(32)41)10-13-37-27(11-14-39-31(42)38-12-4-3-5-28(38)35-39)33-26-20-22(7-8-23(26)29(37)40)36-15-17-43-18-16-36;1-3-2/h3-9,12,19-20H,10-11,13-18H2,1-2H3,(H,34,41);1-2H3. The molecule has 1 saturated heterocycles. The van der Waals surface area contributed by atoms with Crippen molar-refractivity contribution < 1.29 is 14.3 Å². The van der Waals surface area contributed by atoms with Crippen molar-refractivity contribution in [3.63, 3.8) is 0 Å². The van der Waals surface area contributed by atoms with E-state index in [0.29, 0.717) is 55.0 Å². The number of pyridine rings is 1. The fraction of sp³-hybridized carbons (Fsp3) is 0.382. The zero-order chi connectivity index (χ0) is 32.4. The summed E-state index contributed by atoms with van der Waals surface area (Å²) in [5.74, 6) is 0.578. The van der Waals surface area contributed by atoms with Crippen molar-refractivity contribution >= 4 is 33.8 Å². The van der Waals surface area contributed by atoms with E-state index in [1.807, 2.05) is 50.2 Å². The number of methoxy groups -OCH3 is 1. The fourth-order valence-electron chi connectivity index (χ4n) is 6.03. The van der Waals surface area contributed by atoms with Crippen molar-refractivity contribution in [2.75, 3.05) is 50.7 Å². The number of carbonyl (C=O) groups is 1. The molecule has 12 heteroatoms. The number of hydrogen-bond donors (Lipinski definition) is 1. The zero-order valence-corrected chi connectivity index (χ0v) is 26.7. The lowest BCUT2D eigenvalue weighted by Crippen LogP contribution is -2.36. The summed E-state index contributed by atoms with van der Waals surface area (Å²) in [6.45, 7) is 7.41. The van der Waals surface area contributed by atoms with Crippen molar-refractivity contribution in [1.82, 2.24) is 23.7 Å². The minimum absolute atomic E-state index is 0.0180. The van der Waals surface area contributed by atoms with Gasteiger partial charge in [-0.25, -0.2) is 14.5 Å². The molecule has 1 N–H and O–H groups in total. The summed E-state index contributed by atoms with van der Waals surface area (Å²) in [6, 6.07) is 17.2. The Kier molecular flexibility index (Phi) is 8.74. The molecule has 0 radical (unpaired) electrons. The largest absolute Gasteiger partial charge is 0.388 e. The molecule has 0 spiro atoms. The number of anilines is 2. The first-order valence-electron chi connectivity index (χ1n) is 15.5. The van der Waals surface area contributed by atoms with Crippen LogP contribution in [-0.2, 0) is 45.6 Å². The Labute approximate surface area is 266 Å². The van der Waals surface area contributed by atoms with Crippen LogP contribution in [0.15, 0.2) is 70.4 Å². The van der Waals surface area contributed by atoms with Gasteiger partial charge in [-0.15, -0.1) is 5.10 Å². The van der Waals surface area contributed by atoms with Gasteiger partial charge in [-0.05, 0) is 67.8 Å². The van der Waals surface area contributed by atoms with Crippen molar-refractivity contribution in [2.45, 2.75) is 45.2 Å². The van der Waals surface area contributed by atoms with Crippen molar-refractivity contribution in [3.8, 4) is 0 Å². The van der Waals surface area contributed by atoms with Crippen LogP contribution in [0, 0.1) is 0 Å². The number of fused-ring (bicyclic) bond motifs is 3. The molecule has 0 unspecified atom stereocenters. The highest BCUT2D eigenvalue weighted by Gasteiger charge is 2.38. The number of amides is 1. The van der Waals surface area contributed by atoms with E-state index in [1.165, 1.54) is 9.08 Å². The average molecular weight is 626 g/mol. The molecular weight excluding hydrogens is 586 g/mol. The molecule has 46 heavy (non-hydrogen) atoms. The molecule has 0 atom stereocenters. The molecule has 3 aromatic heterocycles. The summed E-state index contributed by atoms with van der Waals surface area (Å²) in [4.78, 5) is 46.6. The number of hydrogen-bond acceptors (Lipinski definition) is 8. The molecule has 7 rings (SSSR count). The highest BCUT2D eigenvalue weighted by molar-refractivity contribution is 6.05. The Morgan fingerprint density at radius 1 is 0.957 bits per heavy atom. The van der Waals surface area contributed by atoms with E-state index in [1.54, 1.807) is 37.1 Å². The summed E-state index contributed by atoms with van der Waals surface area (Å²) in [5, 5.41) is 7.97. The monoisotopic (exact) mass is 625 g/mol. The van der Waals surface area contributed by atoms with E-state index >= 15 is 0 Å². The van der Waals surface area contributed by atoms with Gasteiger partial charge in [0.15, 0.2) is 5.65 Å². The molecular formula is C34H39N7O5. The van der Waals surface area contributed by atoms with Gasteiger partial charge in [0.25, 0.3) is 5.56 Å². The zero-order valence-electron chi connectivity index (χ0n) is 26.7. The lowest BCUT2D eigenvalue weighted by molar-refractivity contribution is -0.119. The van der Waals surface area contributed by atoms with Gasteiger partial charge in [0.05, 0.1) is 36.1 Å². The molecule has 0 aliphatic carbocycles. The minimum Gasteiger partial charge on any atom is -0.388 e.